The van der Waals surface area contributed by atoms with Crippen molar-refractivity contribution in [3.63, 3.8) is 0 Å². The largest absolute Gasteiger partial charge is 0.480 e. The number of hydrogen-bond acceptors (Lipinski definition) is 3. The van der Waals surface area contributed by atoms with Crippen LogP contribution in [0, 0.1) is 5.41 Å². The van der Waals surface area contributed by atoms with Crippen LogP contribution in [-0.4, -0.2) is 52.2 Å². The van der Waals surface area contributed by atoms with Crippen molar-refractivity contribution in [1.29, 1.82) is 0 Å². The van der Waals surface area contributed by atoms with Crippen LogP contribution in [0.15, 0.2) is 58.7 Å². The third-order valence-corrected chi connectivity index (χ3v) is 6.48. The van der Waals surface area contributed by atoms with E-state index >= 15 is 0 Å². The molecule has 1 aliphatic carbocycles. The fourth-order valence-corrected chi connectivity index (χ4v) is 4.09. The first-order chi connectivity index (χ1) is 16.2. The minimum absolute atomic E-state index is 0.0515. The van der Waals surface area contributed by atoms with Gasteiger partial charge in [0, 0.05) is 13.1 Å². The standard InChI is InChI=1S/C27H40F2N2O4/c1-19(12-13-22-21(3)11-7-15-26(22,4)5)9-6-10-20(2)14-18-31(25(34)35)17-8-16-27(30,23(28)29)24(32)33/h6,9-10,12-14,23H,7-8,11,15-18,30H2,1-5H3,(H,32,33)(H,34,35). The van der Waals surface area contributed by atoms with E-state index in [0.717, 1.165) is 22.5 Å². The van der Waals surface area contributed by atoms with Gasteiger partial charge in [-0.2, -0.15) is 0 Å². The second-order valence-electron chi connectivity index (χ2n) is 9.96. The summed E-state index contributed by atoms with van der Waals surface area (Å²) < 4.78 is 26.0. The molecule has 1 atom stereocenters. The van der Waals surface area contributed by atoms with Gasteiger partial charge in [-0.15, -0.1) is 0 Å². The molecular formula is C27H40F2N2O4. The molecular weight excluding hydrogens is 454 g/mol. The topological polar surface area (TPSA) is 104 Å². The van der Waals surface area contributed by atoms with Crippen LogP contribution in [0.4, 0.5) is 13.6 Å². The summed E-state index contributed by atoms with van der Waals surface area (Å²) >= 11 is 0. The molecule has 35 heavy (non-hydrogen) atoms. The molecule has 0 aromatic carbocycles. The first kappa shape index (κ1) is 30.3. The lowest BCUT2D eigenvalue weighted by molar-refractivity contribution is -0.150. The first-order valence-corrected chi connectivity index (χ1v) is 11.9. The lowest BCUT2D eigenvalue weighted by Crippen LogP contribution is -2.54. The van der Waals surface area contributed by atoms with Crippen molar-refractivity contribution in [1.82, 2.24) is 4.90 Å². The van der Waals surface area contributed by atoms with Gasteiger partial charge in [0.15, 0.2) is 5.54 Å². The summed E-state index contributed by atoms with van der Waals surface area (Å²) in [5.41, 5.74) is 7.55. The number of carboxylic acids is 1. The molecule has 0 heterocycles. The third kappa shape index (κ3) is 9.43. The molecule has 0 aliphatic heterocycles. The maximum absolute atomic E-state index is 13.0. The molecule has 0 fully saturated rings. The van der Waals surface area contributed by atoms with Crippen molar-refractivity contribution in [2.45, 2.75) is 78.7 Å². The number of hydrogen-bond donors (Lipinski definition) is 3. The monoisotopic (exact) mass is 494 g/mol. The molecule has 0 aromatic rings. The van der Waals surface area contributed by atoms with Crippen LogP contribution in [0.5, 0.6) is 0 Å². The molecule has 0 aromatic heterocycles. The second-order valence-corrected chi connectivity index (χ2v) is 9.96. The minimum atomic E-state index is -3.24. The average Bonchev–Trinajstić information content (AvgIpc) is 2.74. The zero-order valence-electron chi connectivity index (χ0n) is 21.5. The number of rotatable bonds is 12. The number of amides is 1. The Labute approximate surface area is 207 Å². The molecule has 6 nitrogen and oxygen atoms in total. The molecule has 4 N–H and O–H groups in total. The van der Waals surface area contributed by atoms with Gasteiger partial charge in [0.2, 0.25) is 0 Å². The Morgan fingerprint density at radius 1 is 1.20 bits per heavy atom. The highest BCUT2D eigenvalue weighted by molar-refractivity contribution is 5.79. The quantitative estimate of drug-likeness (QED) is 0.275. The number of carboxylic acid groups (broad SMARTS) is 2. The van der Waals surface area contributed by atoms with E-state index in [1.54, 1.807) is 6.08 Å². The van der Waals surface area contributed by atoms with Crippen molar-refractivity contribution in [2.75, 3.05) is 13.1 Å². The smallest absolute Gasteiger partial charge is 0.407 e. The molecule has 0 saturated carbocycles. The summed E-state index contributed by atoms with van der Waals surface area (Å²) in [7, 11) is 0. The Balaban J connectivity index is 2.70. The molecule has 1 rings (SSSR count). The van der Waals surface area contributed by atoms with E-state index in [4.69, 9.17) is 10.8 Å². The molecule has 1 aliphatic rings. The molecule has 0 spiro atoms. The van der Waals surface area contributed by atoms with Crippen molar-refractivity contribution in [2.24, 2.45) is 11.1 Å². The van der Waals surface area contributed by atoms with Crippen LogP contribution in [0.2, 0.25) is 0 Å². The van der Waals surface area contributed by atoms with Gasteiger partial charge in [-0.05, 0) is 63.9 Å². The number of nitrogens with two attached hydrogens (primary N) is 1. The maximum atomic E-state index is 13.0. The van der Waals surface area contributed by atoms with Gasteiger partial charge in [0.05, 0.1) is 0 Å². The molecule has 0 bridgehead atoms. The zero-order chi connectivity index (χ0) is 26.8. The van der Waals surface area contributed by atoms with Crippen LogP contribution in [0.1, 0.15) is 66.7 Å². The van der Waals surface area contributed by atoms with E-state index in [0.29, 0.717) is 0 Å². The Hall–Kier alpha value is -2.74. The Morgan fingerprint density at radius 2 is 1.86 bits per heavy atom. The number of carbonyl (C=O) groups is 2. The van der Waals surface area contributed by atoms with E-state index in [2.05, 4.69) is 32.9 Å². The SMILES string of the molecule is CC(C=CC1=C(C)CCCC1(C)C)=CC=CC(C)=CCN(CCCC(N)(C(=O)O)C(F)F)C(=O)O. The predicted octanol–water partition coefficient (Wildman–Crippen LogP) is 6.33. The normalized spacial score (nSPS) is 19.0. The second kappa shape index (κ2) is 13.4. The number of nitrogens with zero attached hydrogens (tertiary/aromatic N) is 1. The number of aliphatic carboxylic acids is 1. The first-order valence-electron chi connectivity index (χ1n) is 11.9. The Kier molecular flexibility index (Phi) is 11.6. The summed E-state index contributed by atoms with van der Waals surface area (Å²) in [6.45, 7) is 10.6. The predicted molar refractivity (Wildman–Crippen MR) is 136 cm³/mol. The van der Waals surface area contributed by atoms with E-state index in [1.165, 1.54) is 24.0 Å². The summed E-state index contributed by atoms with van der Waals surface area (Å²) in [5, 5.41) is 18.3. The summed E-state index contributed by atoms with van der Waals surface area (Å²) in [4.78, 5) is 23.5. The lowest BCUT2D eigenvalue weighted by Gasteiger charge is -2.32. The summed E-state index contributed by atoms with van der Waals surface area (Å²) in [5.74, 6) is -1.80. The van der Waals surface area contributed by atoms with E-state index in [9.17, 15) is 23.5 Å². The van der Waals surface area contributed by atoms with Gasteiger partial charge in [0.1, 0.15) is 0 Å². The van der Waals surface area contributed by atoms with Gasteiger partial charge in [-0.1, -0.05) is 67.0 Å². The van der Waals surface area contributed by atoms with Gasteiger partial charge in [0.25, 0.3) is 6.43 Å². The Bertz CT molecular complexity index is 916. The maximum Gasteiger partial charge on any atom is 0.407 e. The fourth-order valence-electron chi connectivity index (χ4n) is 4.09. The molecule has 1 unspecified atom stereocenters. The number of alkyl halides is 2. The number of allylic oxidation sites excluding steroid dienone is 9. The van der Waals surface area contributed by atoms with Crippen molar-refractivity contribution >= 4 is 12.1 Å². The van der Waals surface area contributed by atoms with Crippen molar-refractivity contribution in [3.8, 4) is 0 Å². The molecule has 1 amide bonds. The number of halogens is 2. The summed E-state index contributed by atoms with van der Waals surface area (Å²) in [6, 6.07) is 0. The van der Waals surface area contributed by atoms with Crippen LogP contribution in [0.25, 0.3) is 0 Å². The van der Waals surface area contributed by atoms with Crippen LogP contribution >= 0.6 is 0 Å². The van der Waals surface area contributed by atoms with E-state index in [-0.39, 0.29) is 24.9 Å². The lowest BCUT2D eigenvalue weighted by atomic mass is 9.72. The highest BCUT2D eigenvalue weighted by Gasteiger charge is 2.43. The van der Waals surface area contributed by atoms with Gasteiger partial charge < -0.3 is 20.8 Å². The highest BCUT2D eigenvalue weighted by Crippen LogP contribution is 2.40. The van der Waals surface area contributed by atoms with Crippen molar-refractivity contribution in [3.05, 3.63) is 58.7 Å². The van der Waals surface area contributed by atoms with Crippen LogP contribution < -0.4 is 5.73 Å². The van der Waals surface area contributed by atoms with E-state index in [1.807, 2.05) is 32.1 Å². The van der Waals surface area contributed by atoms with E-state index < -0.39 is 30.4 Å². The highest BCUT2D eigenvalue weighted by atomic mass is 19.3. The fraction of sp³-hybridized carbons (Fsp3) is 0.556. The molecule has 0 saturated heterocycles. The molecule has 8 heteroatoms. The van der Waals surface area contributed by atoms with Gasteiger partial charge >= 0.3 is 12.1 Å². The van der Waals surface area contributed by atoms with Crippen molar-refractivity contribution < 1.29 is 28.6 Å². The van der Waals surface area contributed by atoms with Crippen LogP contribution in [-0.2, 0) is 4.79 Å². The minimum Gasteiger partial charge on any atom is -0.480 e. The zero-order valence-corrected chi connectivity index (χ0v) is 21.5. The average molecular weight is 495 g/mol. The molecule has 0 radical (unpaired) electrons. The summed E-state index contributed by atoms with van der Waals surface area (Å²) in [6.07, 6.45) is 10.2. The van der Waals surface area contributed by atoms with Gasteiger partial charge in [-0.3, -0.25) is 0 Å². The third-order valence-electron chi connectivity index (χ3n) is 6.48. The Morgan fingerprint density at radius 3 is 2.40 bits per heavy atom. The van der Waals surface area contributed by atoms with Crippen LogP contribution in [0.3, 0.4) is 0 Å². The molecule has 196 valence electrons. The van der Waals surface area contributed by atoms with Gasteiger partial charge in [-0.25, -0.2) is 18.4 Å².